The van der Waals surface area contributed by atoms with Crippen LogP contribution in [0.3, 0.4) is 0 Å². The Kier molecular flexibility index (Phi) is 1.17. The van der Waals surface area contributed by atoms with Crippen LogP contribution in [0.2, 0.25) is 0 Å². The molecule has 1 nitrogen and oxygen atoms in total. The van der Waals surface area contributed by atoms with Crippen LogP contribution in [0.15, 0.2) is 0 Å². The van der Waals surface area contributed by atoms with Gasteiger partial charge in [-0.15, -0.1) is 0 Å². The van der Waals surface area contributed by atoms with E-state index in [0.717, 1.165) is 0 Å². The predicted octanol–water partition coefficient (Wildman–Crippen LogP) is 1.44. The first-order chi connectivity index (χ1) is 4.99. The smallest absolute Gasteiger partial charge is 0.292 e. The van der Waals surface area contributed by atoms with Crippen molar-refractivity contribution in [3.63, 3.8) is 0 Å². The summed E-state index contributed by atoms with van der Waals surface area (Å²) in [6.07, 6.45) is -0.777. The Morgan fingerprint density at radius 2 is 1.91 bits per heavy atom. The van der Waals surface area contributed by atoms with Crippen molar-refractivity contribution >= 4 is 0 Å². The zero-order valence-corrected chi connectivity index (χ0v) is 6.28. The normalized spacial score (nSPS) is 39.8. The van der Waals surface area contributed by atoms with Gasteiger partial charge < -0.3 is 0 Å². The van der Waals surface area contributed by atoms with Crippen molar-refractivity contribution in [1.29, 1.82) is 0 Å². The summed E-state index contributed by atoms with van der Waals surface area (Å²) >= 11 is 0. The van der Waals surface area contributed by atoms with Gasteiger partial charge in [0.05, 0.1) is 12.1 Å². The molecule has 1 saturated heterocycles. The van der Waals surface area contributed by atoms with Gasteiger partial charge in [0.2, 0.25) is 0 Å². The van der Waals surface area contributed by atoms with Crippen LogP contribution in [0.4, 0.5) is 13.2 Å². The summed E-state index contributed by atoms with van der Waals surface area (Å²) in [5, 5.41) is 0. The number of nitrogens with zero attached hydrogens (tertiary/aromatic N) is 1. The van der Waals surface area contributed by atoms with Crippen LogP contribution in [-0.2, 0) is 0 Å². The lowest BCUT2D eigenvalue weighted by atomic mass is 10.1. The number of halogens is 3. The first-order valence-corrected chi connectivity index (χ1v) is 3.72. The maximum atomic E-state index is 13.0. The molecule has 1 aliphatic carbocycles. The second-order valence-electron chi connectivity index (χ2n) is 3.58. The van der Waals surface area contributed by atoms with Gasteiger partial charge >= 0.3 is 0 Å². The molecule has 1 spiro atoms. The average Bonchev–Trinajstić information content (AvgIpc) is 2.61. The fourth-order valence-corrected chi connectivity index (χ4v) is 1.90. The molecule has 0 radical (unpaired) electrons. The van der Waals surface area contributed by atoms with Crippen molar-refractivity contribution in [3.05, 3.63) is 0 Å². The van der Waals surface area contributed by atoms with Crippen LogP contribution in [-0.4, -0.2) is 36.1 Å². The van der Waals surface area contributed by atoms with E-state index in [1.54, 1.807) is 7.05 Å². The molecule has 0 aromatic carbocycles. The Bertz CT molecular complexity index is 188. The maximum Gasteiger partial charge on any atom is 0.292 e. The third kappa shape index (κ3) is 0.760. The van der Waals surface area contributed by atoms with Crippen molar-refractivity contribution in [2.45, 2.75) is 30.5 Å². The quantitative estimate of drug-likeness (QED) is 0.525. The fraction of sp³-hybridized carbons (Fsp3) is 1.00. The average molecular weight is 165 g/mol. The van der Waals surface area contributed by atoms with Crippen molar-refractivity contribution < 1.29 is 13.2 Å². The zero-order chi connectivity index (χ0) is 8.28. The topological polar surface area (TPSA) is 3.24 Å². The highest BCUT2D eigenvalue weighted by molar-refractivity contribution is 5.17. The lowest BCUT2D eigenvalue weighted by Gasteiger charge is -2.17. The van der Waals surface area contributed by atoms with Gasteiger partial charge in [0.1, 0.15) is 0 Å². The van der Waals surface area contributed by atoms with Gasteiger partial charge in [-0.1, -0.05) is 0 Å². The van der Waals surface area contributed by atoms with E-state index in [1.165, 1.54) is 4.90 Å². The minimum Gasteiger partial charge on any atom is -0.292 e. The Labute approximate surface area is 63.2 Å². The monoisotopic (exact) mass is 165 g/mol. The molecule has 0 bridgehead atoms. The molecule has 64 valence electrons. The zero-order valence-electron chi connectivity index (χ0n) is 6.28. The molecule has 0 aromatic rings. The summed E-state index contributed by atoms with van der Waals surface area (Å²) in [5.74, 6) is -3.12. The number of hydrogen-bond acceptors (Lipinski definition) is 1. The summed E-state index contributed by atoms with van der Waals surface area (Å²) in [7, 11) is 1.57. The van der Waals surface area contributed by atoms with Gasteiger partial charge in [0.15, 0.2) is 6.17 Å². The molecule has 0 amide bonds. The van der Waals surface area contributed by atoms with Crippen LogP contribution >= 0.6 is 0 Å². The second kappa shape index (κ2) is 1.73. The minimum atomic E-state index is -3.12. The summed E-state index contributed by atoms with van der Waals surface area (Å²) in [6.45, 7) is -0.422. The van der Waals surface area contributed by atoms with E-state index >= 15 is 0 Å². The summed E-state index contributed by atoms with van der Waals surface area (Å²) in [4.78, 5) is 1.46. The van der Waals surface area contributed by atoms with Crippen LogP contribution in [0, 0.1) is 0 Å². The Balaban J connectivity index is 2.26. The molecule has 1 heterocycles. The number of rotatable bonds is 0. The Morgan fingerprint density at radius 1 is 1.36 bits per heavy atom. The standard InChI is InChI=1S/C7H10F3N/c1-11-4-7(9,10)5(8)6(11)2-3-6/h5H,2-4H2,1H3. The molecule has 2 fully saturated rings. The lowest BCUT2D eigenvalue weighted by molar-refractivity contribution is -0.0456. The first kappa shape index (κ1) is 7.40. The SMILES string of the molecule is CN1CC(F)(F)C(F)C12CC2. The molecule has 1 aliphatic heterocycles. The number of hydrogen-bond donors (Lipinski definition) is 0. The molecule has 2 aliphatic rings. The third-order valence-corrected chi connectivity index (χ3v) is 2.81. The molecular formula is C7H10F3N. The maximum absolute atomic E-state index is 13.0. The van der Waals surface area contributed by atoms with E-state index < -0.39 is 24.2 Å². The molecule has 11 heavy (non-hydrogen) atoms. The van der Waals surface area contributed by atoms with Gasteiger partial charge in [0.25, 0.3) is 5.92 Å². The summed E-state index contributed by atoms with van der Waals surface area (Å²) < 4.78 is 38.4. The molecule has 0 aromatic heterocycles. The molecule has 4 heteroatoms. The minimum absolute atomic E-state index is 0.422. The van der Waals surface area contributed by atoms with Crippen molar-refractivity contribution in [2.75, 3.05) is 13.6 Å². The summed E-state index contributed by atoms with van der Waals surface area (Å²) in [5.41, 5.74) is -0.788. The van der Waals surface area contributed by atoms with Crippen LogP contribution < -0.4 is 0 Å². The van der Waals surface area contributed by atoms with E-state index in [4.69, 9.17) is 0 Å². The Hall–Kier alpha value is -0.250. The number of likely N-dealkylation sites (tertiary alicyclic amines) is 1. The molecule has 1 atom stereocenters. The van der Waals surface area contributed by atoms with Gasteiger partial charge in [-0.3, -0.25) is 4.90 Å². The molecule has 2 rings (SSSR count). The summed E-state index contributed by atoms with van der Waals surface area (Å²) in [6, 6.07) is 0. The Morgan fingerprint density at radius 3 is 2.09 bits per heavy atom. The van der Waals surface area contributed by atoms with Gasteiger partial charge in [0, 0.05) is 0 Å². The highest BCUT2D eigenvalue weighted by Crippen LogP contribution is 2.54. The molecule has 1 unspecified atom stereocenters. The van der Waals surface area contributed by atoms with Crippen molar-refractivity contribution in [2.24, 2.45) is 0 Å². The first-order valence-electron chi connectivity index (χ1n) is 3.72. The highest BCUT2D eigenvalue weighted by atomic mass is 19.3. The van der Waals surface area contributed by atoms with E-state index in [9.17, 15) is 13.2 Å². The number of alkyl halides is 3. The second-order valence-corrected chi connectivity index (χ2v) is 3.58. The molecule has 1 saturated carbocycles. The van der Waals surface area contributed by atoms with E-state index in [0.29, 0.717) is 12.8 Å². The fourth-order valence-electron chi connectivity index (χ4n) is 1.90. The molecule has 0 N–H and O–H groups in total. The third-order valence-electron chi connectivity index (χ3n) is 2.81. The highest BCUT2D eigenvalue weighted by Gasteiger charge is 2.68. The predicted molar refractivity (Wildman–Crippen MR) is 34.4 cm³/mol. The van der Waals surface area contributed by atoms with Gasteiger partial charge in [-0.05, 0) is 19.9 Å². The largest absolute Gasteiger partial charge is 0.292 e. The van der Waals surface area contributed by atoms with Gasteiger partial charge in [-0.2, -0.15) is 0 Å². The molecular weight excluding hydrogens is 155 g/mol. The van der Waals surface area contributed by atoms with Gasteiger partial charge in [-0.25, -0.2) is 13.2 Å². The van der Waals surface area contributed by atoms with Crippen LogP contribution in [0.25, 0.3) is 0 Å². The lowest BCUT2D eigenvalue weighted by Crippen LogP contribution is -2.35. The van der Waals surface area contributed by atoms with E-state index in [-0.39, 0.29) is 0 Å². The van der Waals surface area contributed by atoms with E-state index in [1.807, 2.05) is 0 Å². The van der Waals surface area contributed by atoms with Crippen molar-refractivity contribution in [3.8, 4) is 0 Å². The van der Waals surface area contributed by atoms with Crippen LogP contribution in [0.1, 0.15) is 12.8 Å². The van der Waals surface area contributed by atoms with E-state index in [2.05, 4.69) is 0 Å². The van der Waals surface area contributed by atoms with Crippen LogP contribution in [0.5, 0.6) is 0 Å². The van der Waals surface area contributed by atoms with Crippen molar-refractivity contribution in [1.82, 2.24) is 4.90 Å².